The molecule has 0 bridgehead atoms. The number of carbonyl (C=O) groups is 1. The van der Waals surface area contributed by atoms with Gasteiger partial charge in [0.25, 0.3) is 0 Å². The molecule has 1 aromatic carbocycles. The van der Waals surface area contributed by atoms with E-state index in [0.717, 1.165) is 0 Å². The molecule has 0 fully saturated rings. The van der Waals surface area contributed by atoms with Crippen LogP contribution in [0.4, 0.5) is 10.2 Å². The zero-order valence-corrected chi connectivity index (χ0v) is 13.5. The van der Waals surface area contributed by atoms with Crippen molar-refractivity contribution in [3.63, 3.8) is 0 Å². The Hall–Kier alpha value is -3.01. The second kappa shape index (κ2) is 8.02. The van der Waals surface area contributed by atoms with Gasteiger partial charge in [-0.15, -0.1) is 0 Å². The lowest BCUT2D eigenvalue weighted by atomic mass is 10.1. The van der Waals surface area contributed by atoms with Crippen molar-refractivity contribution < 1.29 is 9.18 Å². The first-order valence-electron chi connectivity index (χ1n) is 7.52. The highest BCUT2D eigenvalue weighted by atomic mass is 19.1. The van der Waals surface area contributed by atoms with E-state index in [9.17, 15) is 9.18 Å². The van der Waals surface area contributed by atoms with E-state index >= 15 is 0 Å². The Morgan fingerprint density at radius 2 is 2.04 bits per heavy atom. The van der Waals surface area contributed by atoms with Crippen LogP contribution in [0.15, 0.2) is 36.5 Å². The van der Waals surface area contributed by atoms with E-state index in [1.807, 2.05) is 19.9 Å². The van der Waals surface area contributed by atoms with Gasteiger partial charge in [0, 0.05) is 18.8 Å². The average molecular weight is 327 g/mol. The third kappa shape index (κ3) is 5.02. The summed E-state index contributed by atoms with van der Waals surface area (Å²) in [5.41, 5.74) is 3.49. The monoisotopic (exact) mass is 327 g/mol. The van der Waals surface area contributed by atoms with Crippen molar-refractivity contribution in [1.82, 2.24) is 15.4 Å². The average Bonchev–Trinajstić information content (AvgIpc) is 2.56. The zero-order valence-electron chi connectivity index (χ0n) is 13.5. The zero-order chi connectivity index (χ0) is 17.5. The molecule has 0 aliphatic carbocycles. The molecule has 7 heteroatoms. The fourth-order valence-corrected chi connectivity index (χ4v) is 2.09. The maximum Gasteiger partial charge on any atom is 0.242 e. The lowest BCUT2D eigenvalue weighted by Gasteiger charge is -2.26. The molecule has 124 valence electrons. The molecule has 1 aromatic heterocycles. The maximum atomic E-state index is 12.9. The summed E-state index contributed by atoms with van der Waals surface area (Å²) in [6.45, 7) is 4.54. The van der Waals surface area contributed by atoms with Crippen LogP contribution in [0.5, 0.6) is 0 Å². The van der Waals surface area contributed by atoms with Crippen molar-refractivity contribution in [2.24, 2.45) is 5.92 Å². The molecular weight excluding hydrogens is 309 g/mol. The predicted octanol–water partition coefficient (Wildman–Crippen LogP) is 2.22. The summed E-state index contributed by atoms with van der Waals surface area (Å²) in [7, 11) is 0. The standard InChI is InChI=1S/C17H18FN5O/c1-12(2)11-23(16-7-8-20-15(10-19)21-16)22-17(24)9-13-3-5-14(18)6-4-13/h3-8,12H,9,11H2,1-2H3,(H,22,24). The molecule has 2 aromatic rings. The van der Waals surface area contributed by atoms with Gasteiger partial charge in [0.2, 0.25) is 11.7 Å². The molecule has 0 saturated carbocycles. The smallest absolute Gasteiger partial charge is 0.242 e. The Morgan fingerprint density at radius 1 is 1.33 bits per heavy atom. The summed E-state index contributed by atoms with van der Waals surface area (Å²) >= 11 is 0. The fourth-order valence-electron chi connectivity index (χ4n) is 2.09. The summed E-state index contributed by atoms with van der Waals surface area (Å²) in [4.78, 5) is 20.2. The Labute approximate surface area is 139 Å². The number of hydrazine groups is 1. The molecule has 6 nitrogen and oxygen atoms in total. The number of nitrogens with one attached hydrogen (secondary N) is 1. The molecule has 0 spiro atoms. The van der Waals surface area contributed by atoms with Crippen LogP contribution in [-0.2, 0) is 11.2 Å². The van der Waals surface area contributed by atoms with E-state index in [1.165, 1.54) is 18.3 Å². The summed E-state index contributed by atoms with van der Waals surface area (Å²) < 4.78 is 12.9. The number of nitriles is 1. The van der Waals surface area contributed by atoms with Crippen molar-refractivity contribution >= 4 is 11.7 Å². The normalized spacial score (nSPS) is 10.3. The number of halogens is 1. The number of amides is 1. The topological polar surface area (TPSA) is 81.9 Å². The molecule has 0 aliphatic rings. The van der Waals surface area contributed by atoms with Crippen molar-refractivity contribution in [2.45, 2.75) is 20.3 Å². The summed E-state index contributed by atoms with van der Waals surface area (Å²) in [6, 6.07) is 9.28. The highest BCUT2D eigenvalue weighted by molar-refractivity contribution is 5.80. The van der Waals surface area contributed by atoms with Gasteiger partial charge in [-0.1, -0.05) is 26.0 Å². The van der Waals surface area contributed by atoms with E-state index in [-0.39, 0.29) is 29.9 Å². The number of hydrogen-bond donors (Lipinski definition) is 1. The Kier molecular flexibility index (Phi) is 5.79. The first-order chi connectivity index (χ1) is 11.5. The number of hydrogen-bond acceptors (Lipinski definition) is 5. The van der Waals surface area contributed by atoms with Crippen molar-refractivity contribution in [3.05, 3.63) is 53.7 Å². The Morgan fingerprint density at radius 3 is 2.67 bits per heavy atom. The first-order valence-corrected chi connectivity index (χ1v) is 7.52. The summed E-state index contributed by atoms with van der Waals surface area (Å²) in [6.07, 6.45) is 1.59. The first kappa shape index (κ1) is 17.3. The van der Waals surface area contributed by atoms with Crippen LogP contribution in [0.1, 0.15) is 25.2 Å². The van der Waals surface area contributed by atoms with Crippen molar-refractivity contribution in [2.75, 3.05) is 11.6 Å². The molecule has 0 saturated heterocycles. The van der Waals surface area contributed by atoms with Crippen LogP contribution in [0.2, 0.25) is 0 Å². The minimum absolute atomic E-state index is 0.0361. The maximum absolute atomic E-state index is 12.9. The van der Waals surface area contributed by atoms with Crippen LogP contribution in [-0.4, -0.2) is 22.4 Å². The van der Waals surface area contributed by atoms with Crippen molar-refractivity contribution in [1.29, 1.82) is 5.26 Å². The van der Waals surface area contributed by atoms with E-state index in [0.29, 0.717) is 17.9 Å². The van der Waals surface area contributed by atoms with E-state index in [4.69, 9.17) is 5.26 Å². The molecule has 1 heterocycles. The molecule has 0 radical (unpaired) electrons. The summed E-state index contributed by atoms with van der Waals surface area (Å²) in [5.74, 6) is 0.151. The number of aromatic nitrogens is 2. The van der Waals surface area contributed by atoms with Gasteiger partial charge in [-0.25, -0.2) is 9.37 Å². The Balaban J connectivity index is 2.11. The van der Waals surface area contributed by atoms with Gasteiger partial charge in [-0.3, -0.25) is 15.2 Å². The number of anilines is 1. The van der Waals surface area contributed by atoms with Gasteiger partial charge in [-0.2, -0.15) is 10.2 Å². The fraction of sp³-hybridized carbons (Fsp3) is 0.294. The van der Waals surface area contributed by atoms with Crippen LogP contribution in [0, 0.1) is 23.1 Å². The number of rotatable bonds is 6. The van der Waals surface area contributed by atoms with Crippen LogP contribution in [0.3, 0.4) is 0 Å². The number of nitrogens with zero attached hydrogens (tertiary/aromatic N) is 4. The number of carbonyl (C=O) groups excluding carboxylic acids is 1. The lowest BCUT2D eigenvalue weighted by Crippen LogP contribution is -2.45. The van der Waals surface area contributed by atoms with Gasteiger partial charge in [0.15, 0.2) is 5.82 Å². The molecule has 2 rings (SSSR count). The van der Waals surface area contributed by atoms with Crippen molar-refractivity contribution in [3.8, 4) is 6.07 Å². The van der Waals surface area contributed by atoms with E-state index in [2.05, 4.69) is 15.4 Å². The van der Waals surface area contributed by atoms with Gasteiger partial charge >= 0.3 is 0 Å². The molecule has 1 N–H and O–H groups in total. The minimum Gasteiger partial charge on any atom is -0.273 e. The third-order valence-electron chi connectivity index (χ3n) is 3.10. The van der Waals surface area contributed by atoms with E-state index < -0.39 is 0 Å². The van der Waals surface area contributed by atoms with Crippen LogP contribution < -0.4 is 10.4 Å². The quantitative estimate of drug-likeness (QED) is 0.823. The van der Waals surface area contributed by atoms with Gasteiger partial charge in [-0.05, 0) is 23.6 Å². The molecule has 0 unspecified atom stereocenters. The van der Waals surface area contributed by atoms with Gasteiger partial charge < -0.3 is 0 Å². The Bertz CT molecular complexity index is 739. The highest BCUT2D eigenvalue weighted by Crippen LogP contribution is 2.11. The molecular formula is C17H18FN5O. The van der Waals surface area contributed by atoms with Crippen LogP contribution in [0.25, 0.3) is 0 Å². The molecule has 0 atom stereocenters. The summed E-state index contributed by atoms with van der Waals surface area (Å²) in [5, 5.41) is 10.5. The minimum atomic E-state index is -0.342. The van der Waals surface area contributed by atoms with Gasteiger partial charge in [0.05, 0.1) is 6.42 Å². The predicted molar refractivity (Wildman–Crippen MR) is 87.2 cm³/mol. The molecule has 1 amide bonds. The van der Waals surface area contributed by atoms with E-state index in [1.54, 1.807) is 23.2 Å². The highest BCUT2D eigenvalue weighted by Gasteiger charge is 2.14. The van der Waals surface area contributed by atoms with Crippen LogP contribution >= 0.6 is 0 Å². The molecule has 24 heavy (non-hydrogen) atoms. The largest absolute Gasteiger partial charge is 0.273 e. The SMILES string of the molecule is CC(C)CN(NC(=O)Cc1ccc(F)cc1)c1ccnc(C#N)n1. The molecule has 0 aliphatic heterocycles. The van der Waals surface area contributed by atoms with Gasteiger partial charge in [0.1, 0.15) is 11.9 Å². The number of benzene rings is 1. The second-order valence-corrected chi connectivity index (χ2v) is 5.69. The second-order valence-electron chi connectivity index (χ2n) is 5.69. The lowest BCUT2D eigenvalue weighted by molar-refractivity contribution is -0.120. The third-order valence-corrected chi connectivity index (χ3v) is 3.10.